The summed E-state index contributed by atoms with van der Waals surface area (Å²) in [7, 11) is 0. The zero-order valence-corrected chi connectivity index (χ0v) is 19.1. The number of halogens is 1. The third-order valence-corrected chi connectivity index (χ3v) is 6.83. The summed E-state index contributed by atoms with van der Waals surface area (Å²) in [6.45, 7) is 0. The molecule has 34 heavy (non-hydrogen) atoms. The van der Waals surface area contributed by atoms with E-state index in [2.05, 4.69) is 21.1 Å². The van der Waals surface area contributed by atoms with Crippen LogP contribution in [-0.2, 0) is 5.75 Å². The first-order valence-corrected chi connectivity index (χ1v) is 11.6. The van der Waals surface area contributed by atoms with Crippen molar-refractivity contribution < 1.29 is 9.90 Å². The maximum atomic E-state index is 11.1. The van der Waals surface area contributed by atoms with Gasteiger partial charge in [0.05, 0.1) is 39.4 Å². The number of carboxylic acid groups (broad SMARTS) is 1. The van der Waals surface area contributed by atoms with E-state index in [1.807, 2.05) is 54.6 Å². The van der Waals surface area contributed by atoms with Crippen molar-refractivity contribution >= 4 is 40.4 Å². The Morgan fingerprint density at radius 1 is 1.18 bits per heavy atom. The number of carboxylic acids is 1. The minimum Gasteiger partial charge on any atom is -0.478 e. The van der Waals surface area contributed by atoms with Gasteiger partial charge in [0.15, 0.2) is 0 Å². The Kier molecular flexibility index (Phi) is 5.80. The summed E-state index contributed by atoms with van der Waals surface area (Å²) < 4.78 is 1.39. The van der Waals surface area contributed by atoms with Gasteiger partial charge in [-0.3, -0.25) is 0 Å². The van der Waals surface area contributed by atoms with Crippen molar-refractivity contribution in [1.82, 2.24) is 19.7 Å². The van der Waals surface area contributed by atoms with Gasteiger partial charge < -0.3 is 10.1 Å². The summed E-state index contributed by atoms with van der Waals surface area (Å²) in [5.74, 6) is 0.0736. The molecule has 2 heterocycles. The number of aromatic nitrogens is 4. The molecule has 0 saturated carbocycles. The van der Waals surface area contributed by atoms with Crippen LogP contribution in [0.25, 0.3) is 28.1 Å². The fourth-order valence-electron chi connectivity index (χ4n) is 3.54. The van der Waals surface area contributed by atoms with Crippen LogP contribution in [0.1, 0.15) is 21.5 Å². The number of carbonyl (C=O) groups is 1. The minimum absolute atomic E-state index is 0.0804. The topological polar surface area (TPSA) is 108 Å². The highest BCUT2D eigenvalue weighted by atomic mass is 35.5. The highest BCUT2D eigenvalue weighted by molar-refractivity contribution is 7.98. The molecule has 0 unspecified atom stereocenters. The van der Waals surface area contributed by atoms with Crippen molar-refractivity contribution in [3.8, 4) is 23.1 Å². The summed E-state index contributed by atoms with van der Waals surface area (Å²) in [6, 6.07) is 21.6. The molecule has 166 valence electrons. The lowest BCUT2D eigenvalue weighted by atomic mass is 10.00. The maximum Gasteiger partial charge on any atom is 0.338 e. The molecule has 0 atom stereocenters. The predicted octanol–water partition coefficient (Wildman–Crippen LogP) is 5.93. The van der Waals surface area contributed by atoms with Crippen LogP contribution in [0, 0.1) is 11.3 Å². The number of imidazole rings is 1. The number of rotatable bonds is 6. The Hall–Kier alpha value is -4.06. The molecule has 0 bridgehead atoms. The van der Waals surface area contributed by atoms with Crippen molar-refractivity contribution in [3.63, 3.8) is 0 Å². The van der Waals surface area contributed by atoms with Crippen molar-refractivity contribution in [2.24, 2.45) is 0 Å². The van der Waals surface area contributed by atoms with E-state index in [0.717, 1.165) is 27.1 Å². The molecule has 0 saturated heterocycles. The van der Waals surface area contributed by atoms with Gasteiger partial charge in [-0.2, -0.15) is 10.4 Å². The highest BCUT2D eigenvalue weighted by Gasteiger charge is 2.13. The quantitative estimate of drug-likeness (QED) is 0.288. The van der Waals surface area contributed by atoms with Crippen molar-refractivity contribution in [1.29, 1.82) is 5.26 Å². The molecule has 0 amide bonds. The number of fused-ring (bicyclic) bond motifs is 1. The van der Waals surface area contributed by atoms with Gasteiger partial charge in [0, 0.05) is 16.8 Å². The largest absolute Gasteiger partial charge is 0.478 e. The maximum absolute atomic E-state index is 11.1. The van der Waals surface area contributed by atoms with Gasteiger partial charge in [-0.25, -0.2) is 14.5 Å². The number of hydrogen-bond donors (Lipinski definition) is 2. The lowest BCUT2D eigenvalue weighted by Gasteiger charge is -2.07. The molecule has 0 aliphatic heterocycles. The predicted molar refractivity (Wildman–Crippen MR) is 131 cm³/mol. The van der Waals surface area contributed by atoms with E-state index >= 15 is 0 Å². The first-order valence-electron chi connectivity index (χ1n) is 10.2. The monoisotopic (exact) mass is 485 g/mol. The molecule has 9 heteroatoms. The van der Waals surface area contributed by atoms with E-state index in [1.54, 1.807) is 17.8 Å². The molecule has 0 aliphatic carbocycles. The van der Waals surface area contributed by atoms with Crippen LogP contribution < -0.4 is 0 Å². The van der Waals surface area contributed by atoms with E-state index in [1.165, 1.54) is 17.1 Å². The fraction of sp³-hybridized carbons (Fsp3) is 0.0400. The molecular formula is C25H16ClN5O2S. The molecule has 0 radical (unpaired) electrons. The molecular weight excluding hydrogens is 470 g/mol. The van der Waals surface area contributed by atoms with E-state index in [9.17, 15) is 10.1 Å². The zero-order chi connectivity index (χ0) is 23.7. The van der Waals surface area contributed by atoms with Gasteiger partial charge in [0.1, 0.15) is 0 Å². The van der Waals surface area contributed by atoms with Gasteiger partial charge in [0.2, 0.25) is 5.95 Å². The van der Waals surface area contributed by atoms with Gasteiger partial charge in [0.25, 0.3) is 0 Å². The van der Waals surface area contributed by atoms with Crippen molar-refractivity contribution in [3.05, 3.63) is 94.8 Å². The lowest BCUT2D eigenvalue weighted by molar-refractivity contribution is 0.0697. The number of nitriles is 1. The average Bonchev–Trinajstić information content (AvgIpc) is 3.50. The Balaban J connectivity index is 1.34. The minimum atomic E-state index is -1.05. The number of thioether (sulfide) groups is 1. The van der Waals surface area contributed by atoms with Crippen molar-refractivity contribution in [2.45, 2.75) is 10.6 Å². The molecule has 5 rings (SSSR count). The lowest BCUT2D eigenvalue weighted by Crippen LogP contribution is -1.97. The van der Waals surface area contributed by atoms with Crippen LogP contribution in [0.15, 0.2) is 78.0 Å². The van der Waals surface area contributed by atoms with Crippen LogP contribution in [0.3, 0.4) is 0 Å². The molecule has 0 aliphatic rings. The second-order valence-electron chi connectivity index (χ2n) is 7.48. The number of hydrogen-bond acceptors (Lipinski definition) is 5. The van der Waals surface area contributed by atoms with E-state index in [0.29, 0.717) is 27.8 Å². The Morgan fingerprint density at radius 2 is 1.97 bits per heavy atom. The second-order valence-corrected chi connectivity index (χ2v) is 8.91. The molecule has 0 spiro atoms. The summed E-state index contributed by atoms with van der Waals surface area (Å²) in [4.78, 5) is 19.6. The number of benzene rings is 3. The van der Waals surface area contributed by atoms with Crippen LogP contribution in [-0.4, -0.2) is 30.8 Å². The Labute approximate surface area is 203 Å². The molecule has 2 aromatic heterocycles. The van der Waals surface area contributed by atoms with Gasteiger partial charge >= 0.3 is 5.97 Å². The van der Waals surface area contributed by atoms with Crippen LogP contribution in [0.4, 0.5) is 0 Å². The molecule has 5 aromatic rings. The van der Waals surface area contributed by atoms with Crippen LogP contribution >= 0.6 is 23.4 Å². The third kappa shape index (κ3) is 4.27. The van der Waals surface area contributed by atoms with E-state index < -0.39 is 5.97 Å². The summed E-state index contributed by atoms with van der Waals surface area (Å²) in [6.07, 6.45) is 2.67. The summed E-state index contributed by atoms with van der Waals surface area (Å²) in [5, 5.41) is 23.1. The SMILES string of the molecule is N#Cc1ccccc1-c1ccc(CSc2cc3nc(-n4cc(C(=O)O)cn4)[nH]c3cc2Cl)cc1. The standard InChI is InChI=1S/C25H16ClN5O2S/c26-20-9-21-22(30-25(29-21)31-13-18(12-28-31)24(32)33)10-23(20)34-14-15-5-7-16(8-6-15)19-4-2-1-3-17(19)11-27/h1-10,12-13H,14H2,(H,29,30)(H,32,33). The fourth-order valence-corrected chi connectivity index (χ4v) is 4.77. The summed E-state index contributed by atoms with van der Waals surface area (Å²) >= 11 is 8.11. The highest BCUT2D eigenvalue weighted by Crippen LogP contribution is 2.34. The van der Waals surface area contributed by atoms with Gasteiger partial charge in [-0.1, -0.05) is 54.1 Å². The smallest absolute Gasteiger partial charge is 0.338 e. The van der Waals surface area contributed by atoms with Gasteiger partial charge in [-0.15, -0.1) is 11.8 Å². The van der Waals surface area contributed by atoms with Gasteiger partial charge in [-0.05, 0) is 34.9 Å². The van der Waals surface area contributed by atoms with Crippen LogP contribution in [0.5, 0.6) is 0 Å². The molecule has 2 N–H and O–H groups in total. The van der Waals surface area contributed by atoms with Crippen molar-refractivity contribution in [2.75, 3.05) is 0 Å². The van der Waals surface area contributed by atoms with E-state index in [-0.39, 0.29) is 5.56 Å². The number of nitrogens with one attached hydrogen (secondary N) is 1. The molecule has 3 aromatic carbocycles. The second kappa shape index (κ2) is 9.06. The number of aromatic carboxylic acids is 1. The third-order valence-electron chi connectivity index (χ3n) is 5.28. The van der Waals surface area contributed by atoms with E-state index in [4.69, 9.17) is 16.7 Å². The Bertz CT molecular complexity index is 1570. The first-order chi connectivity index (χ1) is 16.5. The zero-order valence-electron chi connectivity index (χ0n) is 17.6. The molecule has 0 fully saturated rings. The normalized spacial score (nSPS) is 10.9. The van der Waals surface area contributed by atoms with Crippen LogP contribution in [0.2, 0.25) is 5.02 Å². The Morgan fingerprint density at radius 3 is 2.71 bits per heavy atom. The molecule has 7 nitrogen and oxygen atoms in total. The summed E-state index contributed by atoms with van der Waals surface area (Å²) in [5.41, 5.74) is 5.21. The number of H-pyrrole nitrogens is 1. The average molecular weight is 486 g/mol. The first kappa shape index (κ1) is 21.8. The number of aromatic amines is 1. The number of nitrogens with zero attached hydrogens (tertiary/aromatic N) is 4.